The van der Waals surface area contributed by atoms with E-state index in [2.05, 4.69) is 0 Å². The van der Waals surface area contributed by atoms with Crippen LogP contribution in [0.15, 0.2) is 48.6 Å². The zero-order valence-corrected chi connectivity index (χ0v) is 13.8. The molecule has 0 bridgehead atoms. The lowest BCUT2D eigenvalue weighted by atomic mass is 10.1. The van der Waals surface area contributed by atoms with Crippen molar-refractivity contribution < 1.29 is 29.6 Å². The van der Waals surface area contributed by atoms with Crippen LogP contribution in [0, 0.1) is 0 Å². The monoisotopic (exact) mass is 342 g/mol. The molecule has 2 aromatic rings. The lowest BCUT2D eigenvalue weighted by Crippen LogP contribution is -1.95. The quantitative estimate of drug-likeness (QED) is 0.551. The molecule has 2 rings (SSSR count). The molecule has 6 nitrogen and oxygen atoms in total. The lowest BCUT2D eigenvalue weighted by molar-refractivity contribution is -0.110. The Labute approximate surface area is 144 Å². The summed E-state index contributed by atoms with van der Waals surface area (Å²) < 4.78 is 10.1. The van der Waals surface area contributed by atoms with Crippen molar-refractivity contribution in [2.24, 2.45) is 0 Å². The molecule has 0 unspecified atom stereocenters. The highest BCUT2D eigenvalue weighted by Crippen LogP contribution is 2.32. The van der Waals surface area contributed by atoms with E-state index in [1.807, 2.05) is 0 Å². The average molecular weight is 342 g/mol. The first-order valence-electron chi connectivity index (χ1n) is 7.32. The first kappa shape index (κ1) is 17.9. The first-order chi connectivity index (χ1) is 12.0. The second kappa shape index (κ2) is 7.92. The van der Waals surface area contributed by atoms with Gasteiger partial charge in [-0.3, -0.25) is 4.79 Å². The summed E-state index contributed by atoms with van der Waals surface area (Å²) >= 11 is 0. The van der Waals surface area contributed by atoms with Gasteiger partial charge in [0.1, 0.15) is 22.8 Å². The van der Waals surface area contributed by atoms with Gasteiger partial charge in [-0.05, 0) is 35.9 Å². The van der Waals surface area contributed by atoms with Crippen molar-refractivity contribution in [2.75, 3.05) is 14.2 Å². The number of aliphatic hydroxyl groups excluding tert-OH is 1. The van der Waals surface area contributed by atoms with Crippen molar-refractivity contribution >= 4 is 17.6 Å². The first-order valence-corrected chi connectivity index (χ1v) is 7.32. The molecular formula is C19H18O6. The van der Waals surface area contributed by atoms with Crippen LogP contribution in [0.1, 0.15) is 11.1 Å². The minimum Gasteiger partial charge on any atom is -0.507 e. The van der Waals surface area contributed by atoms with Gasteiger partial charge in [0, 0.05) is 6.08 Å². The van der Waals surface area contributed by atoms with E-state index in [0.29, 0.717) is 5.56 Å². The second-order valence-electron chi connectivity index (χ2n) is 5.05. The number of aliphatic hydroxyl groups is 1. The third-order valence-electron chi connectivity index (χ3n) is 3.40. The molecular weight excluding hydrogens is 324 g/mol. The Balaban J connectivity index is 2.23. The van der Waals surface area contributed by atoms with Crippen LogP contribution in [0.2, 0.25) is 0 Å². The molecule has 0 aliphatic heterocycles. The van der Waals surface area contributed by atoms with E-state index in [-0.39, 0.29) is 28.6 Å². The van der Waals surface area contributed by atoms with E-state index in [1.54, 1.807) is 24.3 Å². The van der Waals surface area contributed by atoms with Crippen LogP contribution in [-0.2, 0) is 4.79 Å². The van der Waals surface area contributed by atoms with Crippen LogP contribution < -0.4 is 9.47 Å². The summed E-state index contributed by atoms with van der Waals surface area (Å²) in [5, 5.41) is 29.5. The number of carbonyl (C=O) groups excluding carboxylic acids is 1. The summed E-state index contributed by atoms with van der Waals surface area (Å²) in [6.07, 6.45) is 3.73. The van der Waals surface area contributed by atoms with Gasteiger partial charge in [-0.1, -0.05) is 18.2 Å². The minimum absolute atomic E-state index is 0.00448. The summed E-state index contributed by atoms with van der Waals surface area (Å²) in [4.78, 5) is 12.0. The molecule has 130 valence electrons. The minimum atomic E-state index is -0.491. The van der Waals surface area contributed by atoms with Gasteiger partial charge in [-0.15, -0.1) is 0 Å². The van der Waals surface area contributed by atoms with Gasteiger partial charge in [0.25, 0.3) is 0 Å². The number of methoxy groups -OCH3 is 2. The topological polar surface area (TPSA) is 96.2 Å². The molecule has 0 aliphatic rings. The molecule has 2 aromatic carbocycles. The number of ketones is 1. The van der Waals surface area contributed by atoms with Crippen LogP contribution in [0.3, 0.4) is 0 Å². The smallest absolute Gasteiger partial charge is 0.182 e. The zero-order chi connectivity index (χ0) is 18.4. The Morgan fingerprint density at radius 3 is 2.40 bits per heavy atom. The molecule has 0 radical (unpaired) electrons. The maximum absolute atomic E-state index is 12.0. The van der Waals surface area contributed by atoms with E-state index in [4.69, 9.17) is 9.47 Å². The molecule has 0 atom stereocenters. The molecule has 0 saturated heterocycles. The average Bonchev–Trinajstić information content (AvgIpc) is 2.60. The predicted octanol–water partition coefficient (Wildman–Crippen LogP) is 3.30. The standard InChI is InChI=1S/C19H18O6/c1-24-17-5-3-4-15(22)19(17)16(23)11-13(20)8-6-12-7-9-14(21)18(10-12)25-2/h3-11,21-23H,1-2H3/b8-6+,16-11?. The summed E-state index contributed by atoms with van der Waals surface area (Å²) in [6, 6.07) is 9.12. The van der Waals surface area contributed by atoms with Crippen LogP contribution >= 0.6 is 0 Å². The van der Waals surface area contributed by atoms with Gasteiger partial charge < -0.3 is 24.8 Å². The van der Waals surface area contributed by atoms with Crippen LogP contribution in [0.4, 0.5) is 0 Å². The number of rotatable bonds is 6. The van der Waals surface area contributed by atoms with Crippen molar-refractivity contribution in [3.05, 3.63) is 59.7 Å². The molecule has 0 heterocycles. The number of phenols is 2. The van der Waals surface area contributed by atoms with E-state index < -0.39 is 11.5 Å². The van der Waals surface area contributed by atoms with Gasteiger partial charge in [-0.25, -0.2) is 0 Å². The summed E-state index contributed by atoms with van der Waals surface area (Å²) in [6.45, 7) is 0. The highest BCUT2D eigenvalue weighted by atomic mass is 16.5. The molecule has 6 heteroatoms. The SMILES string of the molecule is COc1cc(/C=C/C(=O)C=C(O)c2c(O)cccc2OC)ccc1O. The summed E-state index contributed by atoms with van der Waals surface area (Å²) in [5.74, 6) is -0.577. The zero-order valence-electron chi connectivity index (χ0n) is 13.8. The number of aromatic hydroxyl groups is 2. The summed E-state index contributed by atoms with van der Waals surface area (Å²) in [7, 11) is 2.82. The van der Waals surface area contributed by atoms with Crippen molar-refractivity contribution in [1.29, 1.82) is 0 Å². The highest BCUT2D eigenvalue weighted by molar-refractivity contribution is 6.06. The second-order valence-corrected chi connectivity index (χ2v) is 5.05. The Hall–Kier alpha value is -3.41. The van der Waals surface area contributed by atoms with Crippen molar-refractivity contribution in [2.45, 2.75) is 0 Å². The number of carbonyl (C=O) groups is 1. The normalized spacial score (nSPS) is 11.5. The van der Waals surface area contributed by atoms with E-state index in [0.717, 1.165) is 6.08 Å². The molecule has 0 aliphatic carbocycles. The fourth-order valence-electron chi connectivity index (χ4n) is 2.18. The van der Waals surface area contributed by atoms with E-state index in [9.17, 15) is 20.1 Å². The number of hydrogen-bond donors (Lipinski definition) is 3. The lowest BCUT2D eigenvalue weighted by Gasteiger charge is -2.09. The molecule has 0 amide bonds. The molecule has 0 aromatic heterocycles. The third kappa shape index (κ3) is 4.32. The fraction of sp³-hybridized carbons (Fsp3) is 0.105. The fourth-order valence-corrected chi connectivity index (χ4v) is 2.18. The largest absolute Gasteiger partial charge is 0.507 e. The van der Waals surface area contributed by atoms with Crippen LogP contribution in [0.5, 0.6) is 23.0 Å². The van der Waals surface area contributed by atoms with E-state index >= 15 is 0 Å². The number of benzene rings is 2. The molecule has 3 N–H and O–H groups in total. The molecule has 0 saturated carbocycles. The summed E-state index contributed by atoms with van der Waals surface area (Å²) in [5.41, 5.74) is 0.675. The van der Waals surface area contributed by atoms with Gasteiger partial charge >= 0.3 is 0 Å². The Morgan fingerprint density at radius 2 is 1.72 bits per heavy atom. The van der Waals surface area contributed by atoms with Gasteiger partial charge in [-0.2, -0.15) is 0 Å². The molecule has 0 fully saturated rings. The number of hydrogen-bond acceptors (Lipinski definition) is 6. The maximum Gasteiger partial charge on any atom is 0.182 e. The van der Waals surface area contributed by atoms with Crippen molar-refractivity contribution in [3.8, 4) is 23.0 Å². The number of phenolic OH excluding ortho intramolecular Hbond substituents is 2. The Morgan fingerprint density at radius 1 is 1.00 bits per heavy atom. The van der Waals surface area contributed by atoms with Gasteiger partial charge in [0.05, 0.1) is 14.2 Å². The van der Waals surface area contributed by atoms with Crippen LogP contribution in [-0.4, -0.2) is 35.3 Å². The van der Waals surface area contributed by atoms with Gasteiger partial charge in [0.2, 0.25) is 0 Å². The Kier molecular flexibility index (Phi) is 5.68. The number of ether oxygens (including phenoxy) is 2. The van der Waals surface area contributed by atoms with E-state index in [1.165, 1.54) is 38.5 Å². The van der Waals surface area contributed by atoms with Gasteiger partial charge in [0.15, 0.2) is 17.3 Å². The maximum atomic E-state index is 12.0. The van der Waals surface area contributed by atoms with Crippen LogP contribution in [0.25, 0.3) is 11.8 Å². The Bertz CT molecular complexity index is 836. The predicted molar refractivity (Wildman–Crippen MR) is 94.0 cm³/mol. The highest BCUT2D eigenvalue weighted by Gasteiger charge is 2.13. The molecule has 25 heavy (non-hydrogen) atoms. The molecule has 0 spiro atoms. The van der Waals surface area contributed by atoms with Crippen molar-refractivity contribution in [1.82, 2.24) is 0 Å². The van der Waals surface area contributed by atoms with Crippen molar-refractivity contribution in [3.63, 3.8) is 0 Å². The number of allylic oxidation sites excluding steroid dienone is 2. The third-order valence-corrected chi connectivity index (χ3v) is 3.40.